The molecule has 0 bridgehead atoms. The van der Waals surface area contributed by atoms with Gasteiger partial charge in [-0.25, -0.2) is 0 Å². The molecule has 0 N–H and O–H groups in total. The number of rotatable bonds is 6. The van der Waals surface area contributed by atoms with Crippen LogP contribution in [0.4, 0.5) is 5.69 Å². The summed E-state index contributed by atoms with van der Waals surface area (Å²) in [5.41, 5.74) is 0.987. The highest BCUT2D eigenvalue weighted by molar-refractivity contribution is 9.10. The van der Waals surface area contributed by atoms with Gasteiger partial charge in [-0.1, -0.05) is 40.2 Å². The van der Waals surface area contributed by atoms with Gasteiger partial charge >= 0.3 is 5.97 Å². The van der Waals surface area contributed by atoms with E-state index in [0.29, 0.717) is 11.1 Å². The average Bonchev–Trinajstić information content (AvgIpc) is 2.54. The van der Waals surface area contributed by atoms with Gasteiger partial charge in [0, 0.05) is 22.2 Å². The maximum Gasteiger partial charge on any atom is 0.310 e. The predicted molar refractivity (Wildman–Crippen MR) is 86.2 cm³/mol. The zero-order valence-electron chi connectivity index (χ0n) is 11.9. The van der Waals surface area contributed by atoms with Gasteiger partial charge in [-0.3, -0.25) is 19.7 Å². The number of esters is 1. The van der Waals surface area contributed by atoms with Crippen LogP contribution in [-0.2, 0) is 16.0 Å². The molecule has 7 heteroatoms. The van der Waals surface area contributed by atoms with Crippen LogP contribution in [0.2, 0.25) is 0 Å². The summed E-state index contributed by atoms with van der Waals surface area (Å²) in [6.45, 7) is -0.340. The third-order valence-electron chi connectivity index (χ3n) is 3.03. The summed E-state index contributed by atoms with van der Waals surface area (Å²) in [4.78, 5) is 33.6. The lowest BCUT2D eigenvalue weighted by Gasteiger charge is -2.05. The number of hydrogen-bond acceptors (Lipinski definition) is 5. The van der Waals surface area contributed by atoms with E-state index in [2.05, 4.69) is 15.9 Å². The number of ether oxygens (including phenoxy) is 1. The fraction of sp³-hybridized carbons (Fsp3) is 0.125. The van der Waals surface area contributed by atoms with E-state index in [4.69, 9.17) is 4.74 Å². The van der Waals surface area contributed by atoms with Gasteiger partial charge in [0.05, 0.1) is 11.3 Å². The number of carbonyl (C=O) groups excluding carboxylic acids is 2. The summed E-state index contributed by atoms with van der Waals surface area (Å²) in [5, 5.41) is 10.5. The summed E-state index contributed by atoms with van der Waals surface area (Å²) < 4.78 is 5.79. The van der Waals surface area contributed by atoms with Crippen molar-refractivity contribution in [2.45, 2.75) is 6.42 Å². The molecule has 0 aliphatic heterocycles. The first-order valence-electron chi connectivity index (χ1n) is 6.63. The number of nitro groups is 1. The second-order valence-corrected chi connectivity index (χ2v) is 5.61. The number of hydrogen-bond donors (Lipinski definition) is 0. The molecule has 2 rings (SSSR count). The smallest absolute Gasteiger partial charge is 0.310 e. The van der Waals surface area contributed by atoms with Gasteiger partial charge in [-0.2, -0.15) is 0 Å². The number of carbonyl (C=O) groups is 2. The van der Waals surface area contributed by atoms with E-state index in [1.807, 2.05) is 0 Å². The van der Waals surface area contributed by atoms with Crippen LogP contribution >= 0.6 is 15.9 Å². The van der Waals surface area contributed by atoms with Crippen molar-refractivity contribution < 1.29 is 19.2 Å². The molecule has 2 aromatic rings. The minimum absolute atomic E-state index is 0.0486. The zero-order chi connectivity index (χ0) is 16.8. The molecule has 0 atom stereocenters. The molecule has 0 unspecified atom stereocenters. The predicted octanol–water partition coefficient (Wildman–Crippen LogP) is 3.33. The van der Waals surface area contributed by atoms with E-state index < -0.39 is 10.9 Å². The Morgan fingerprint density at radius 1 is 1.04 bits per heavy atom. The van der Waals surface area contributed by atoms with E-state index in [1.165, 1.54) is 24.3 Å². The maximum absolute atomic E-state index is 11.9. The molecular weight excluding hydrogens is 366 g/mol. The molecule has 0 aliphatic rings. The number of benzene rings is 2. The van der Waals surface area contributed by atoms with Crippen LogP contribution in [0.5, 0.6) is 0 Å². The van der Waals surface area contributed by atoms with E-state index in [-0.39, 0.29) is 24.5 Å². The van der Waals surface area contributed by atoms with Crippen molar-refractivity contribution in [3.05, 3.63) is 74.2 Å². The monoisotopic (exact) mass is 377 g/mol. The number of non-ortho nitro benzene ring substituents is 1. The Balaban J connectivity index is 1.86. The summed E-state index contributed by atoms with van der Waals surface area (Å²) in [6.07, 6.45) is -0.0500. The van der Waals surface area contributed by atoms with Crippen molar-refractivity contribution in [1.29, 1.82) is 0 Å². The summed E-state index contributed by atoms with van der Waals surface area (Å²) >= 11 is 3.27. The lowest BCUT2D eigenvalue weighted by molar-refractivity contribution is -0.384. The molecular formula is C16H12BrNO5. The number of ketones is 1. The van der Waals surface area contributed by atoms with Crippen LogP contribution in [0.25, 0.3) is 0 Å². The fourth-order valence-corrected chi connectivity index (χ4v) is 2.08. The molecule has 0 aromatic heterocycles. The summed E-state index contributed by atoms with van der Waals surface area (Å²) in [5.74, 6) is -0.862. The normalized spacial score (nSPS) is 10.1. The molecule has 23 heavy (non-hydrogen) atoms. The van der Waals surface area contributed by atoms with E-state index in [0.717, 1.165) is 4.47 Å². The molecule has 0 amide bonds. The van der Waals surface area contributed by atoms with Crippen LogP contribution in [0.3, 0.4) is 0 Å². The summed E-state index contributed by atoms with van der Waals surface area (Å²) in [7, 11) is 0. The van der Waals surface area contributed by atoms with Crippen molar-refractivity contribution in [3.63, 3.8) is 0 Å². The van der Waals surface area contributed by atoms with Crippen molar-refractivity contribution in [2.24, 2.45) is 0 Å². The Morgan fingerprint density at radius 3 is 2.22 bits per heavy atom. The van der Waals surface area contributed by atoms with Crippen LogP contribution < -0.4 is 0 Å². The third kappa shape index (κ3) is 5.00. The number of Topliss-reactive ketones (excluding diaryl/α,β-unsaturated/α-hetero) is 1. The molecule has 0 spiro atoms. The first kappa shape index (κ1) is 16.8. The Morgan fingerprint density at radius 2 is 1.65 bits per heavy atom. The molecule has 0 fully saturated rings. The first-order valence-corrected chi connectivity index (χ1v) is 7.43. The van der Waals surface area contributed by atoms with Gasteiger partial charge in [-0.15, -0.1) is 0 Å². The van der Waals surface area contributed by atoms with Gasteiger partial charge in [0.1, 0.15) is 0 Å². The van der Waals surface area contributed by atoms with Crippen molar-refractivity contribution >= 4 is 33.4 Å². The van der Waals surface area contributed by atoms with Crippen LogP contribution in [-0.4, -0.2) is 23.3 Å². The highest BCUT2D eigenvalue weighted by Gasteiger charge is 2.11. The van der Waals surface area contributed by atoms with Crippen molar-refractivity contribution in [1.82, 2.24) is 0 Å². The van der Waals surface area contributed by atoms with Gasteiger partial charge in [0.15, 0.2) is 12.4 Å². The third-order valence-corrected chi connectivity index (χ3v) is 3.55. The van der Waals surface area contributed by atoms with Gasteiger partial charge in [-0.05, 0) is 17.7 Å². The second kappa shape index (κ2) is 7.64. The molecule has 0 saturated heterocycles. The molecule has 0 radical (unpaired) electrons. The van der Waals surface area contributed by atoms with Gasteiger partial charge < -0.3 is 4.74 Å². The van der Waals surface area contributed by atoms with E-state index in [1.54, 1.807) is 24.3 Å². The largest absolute Gasteiger partial charge is 0.457 e. The number of nitro benzene ring substituents is 1. The zero-order valence-corrected chi connectivity index (χ0v) is 13.5. The number of nitrogens with zero attached hydrogens (tertiary/aromatic N) is 1. The Hall–Kier alpha value is -2.54. The number of halogens is 1. The quantitative estimate of drug-likeness (QED) is 0.333. The Kier molecular flexibility index (Phi) is 5.59. The van der Waals surface area contributed by atoms with Crippen LogP contribution in [0.15, 0.2) is 53.0 Å². The van der Waals surface area contributed by atoms with Crippen LogP contribution in [0, 0.1) is 10.1 Å². The van der Waals surface area contributed by atoms with Gasteiger partial charge in [0.25, 0.3) is 5.69 Å². The van der Waals surface area contributed by atoms with E-state index in [9.17, 15) is 19.7 Å². The second-order valence-electron chi connectivity index (χ2n) is 4.69. The highest BCUT2D eigenvalue weighted by atomic mass is 79.9. The van der Waals surface area contributed by atoms with Crippen molar-refractivity contribution in [2.75, 3.05) is 6.61 Å². The van der Waals surface area contributed by atoms with E-state index >= 15 is 0 Å². The summed E-state index contributed by atoms with van der Waals surface area (Å²) in [6, 6.07) is 12.3. The molecule has 118 valence electrons. The fourth-order valence-electron chi connectivity index (χ4n) is 1.82. The minimum Gasteiger partial charge on any atom is -0.457 e. The standard InChI is InChI=1S/C16H12BrNO5/c17-13-5-3-12(4-6-13)15(19)10-23-16(20)9-11-1-7-14(8-2-11)18(21)22/h1-8H,9-10H2. The Bertz CT molecular complexity index is 725. The molecule has 6 nitrogen and oxygen atoms in total. The van der Waals surface area contributed by atoms with Crippen LogP contribution in [0.1, 0.15) is 15.9 Å². The maximum atomic E-state index is 11.9. The Labute approximate surface area is 140 Å². The SMILES string of the molecule is O=C(Cc1ccc([N+](=O)[O-])cc1)OCC(=O)c1ccc(Br)cc1. The van der Waals surface area contributed by atoms with Gasteiger partial charge in [0.2, 0.25) is 0 Å². The first-order chi connectivity index (χ1) is 11.0. The molecule has 0 saturated carbocycles. The highest BCUT2D eigenvalue weighted by Crippen LogP contribution is 2.13. The molecule has 0 heterocycles. The molecule has 2 aromatic carbocycles. The minimum atomic E-state index is -0.565. The molecule has 0 aliphatic carbocycles. The lowest BCUT2D eigenvalue weighted by Crippen LogP contribution is -2.15. The van der Waals surface area contributed by atoms with Crippen molar-refractivity contribution in [3.8, 4) is 0 Å². The lowest BCUT2D eigenvalue weighted by atomic mass is 10.1. The topological polar surface area (TPSA) is 86.5 Å². The average molecular weight is 378 g/mol.